The van der Waals surface area contributed by atoms with Gasteiger partial charge in [-0.05, 0) is 53.0 Å². The van der Waals surface area contributed by atoms with Crippen molar-refractivity contribution in [2.75, 3.05) is 7.11 Å². The van der Waals surface area contributed by atoms with Crippen LogP contribution >= 0.6 is 28.5 Å². The number of ketones is 1. The number of unbranched alkanes of at least 4 members (excludes halogenated alkanes) is 3. The van der Waals surface area contributed by atoms with Crippen LogP contribution in [0.3, 0.4) is 0 Å². The van der Waals surface area contributed by atoms with E-state index in [1.807, 2.05) is 6.08 Å². The molecule has 0 aliphatic heterocycles. The highest BCUT2D eigenvalue weighted by atomic mass is 127. The van der Waals surface area contributed by atoms with Gasteiger partial charge in [0.15, 0.2) is 5.78 Å². The molecule has 4 nitrogen and oxygen atoms in total. The molecule has 0 radical (unpaired) electrons. The lowest BCUT2D eigenvalue weighted by molar-refractivity contribution is -0.140. The monoisotopic (exact) mass is 398 g/mol. The van der Waals surface area contributed by atoms with Crippen molar-refractivity contribution in [3.05, 3.63) is 11.6 Å². The van der Waals surface area contributed by atoms with Gasteiger partial charge in [-0.15, -0.1) is 0 Å². The SMILES string of the molecule is COC(=O)CCCCCCC1=CC(OPI)CC1=O. The second-order valence-electron chi connectivity index (χ2n) is 4.54. The first-order valence-electron chi connectivity index (χ1n) is 6.49. The van der Waals surface area contributed by atoms with Crippen molar-refractivity contribution in [2.24, 2.45) is 0 Å². The third-order valence-electron chi connectivity index (χ3n) is 3.13. The van der Waals surface area contributed by atoms with Crippen LogP contribution in [0.4, 0.5) is 0 Å². The third kappa shape index (κ3) is 6.82. The number of rotatable bonds is 9. The van der Waals surface area contributed by atoms with E-state index < -0.39 is 0 Å². The van der Waals surface area contributed by atoms with Crippen LogP contribution in [0.25, 0.3) is 0 Å². The number of hydrogen-bond acceptors (Lipinski definition) is 4. The molecule has 0 aromatic heterocycles. The Hall–Kier alpha value is -0.000000000000000111. The van der Waals surface area contributed by atoms with Crippen molar-refractivity contribution in [2.45, 2.75) is 51.0 Å². The Balaban J connectivity index is 2.10. The molecule has 0 spiro atoms. The Morgan fingerprint density at radius 2 is 2.16 bits per heavy atom. The summed E-state index contributed by atoms with van der Waals surface area (Å²) in [5.41, 5.74) is 0.924. The van der Waals surface area contributed by atoms with Gasteiger partial charge in [0.2, 0.25) is 0 Å². The van der Waals surface area contributed by atoms with E-state index in [0.29, 0.717) is 19.3 Å². The minimum atomic E-state index is -0.145. The molecule has 1 aliphatic rings. The number of hydrogen-bond donors (Lipinski definition) is 0. The van der Waals surface area contributed by atoms with E-state index in [1.54, 1.807) is 0 Å². The predicted molar refractivity (Wildman–Crippen MR) is 84.6 cm³/mol. The molecule has 1 rings (SSSR count). The maximum atomic E-state index is 11.7. The molecular weight excluding hydrogens is 378 g/mol. The van der Waals surface area contributed by atoms with Crippen LogP contribution in [0.5, 0.6) is 0 Å². The van der Waals surface area contributed by atoms with Gasteiger partial charge in [-0.1, -0.05) is 12.8 Å². The summed E-state index contributed by atoms with van der Waals surface area (Å²) in [6.45, 7) is 0.400. The number of esters is 1. The molecule has 0 fully saturated rings. The van der Waals surface area contributed by atoms with Gasteiger partial charge in [-0.2, -0.15) is 0 Å². The van der Waals surface area contributed by atoms with Crippen LogP contribution in [0, 0.1) is 0 Å². The number of allylic oxidation sites excluding steroid dienone is 1. The number of carbonyl (C=O) groups is 2. The average molecular weight is 398 g/mol. The van der Waals surface area contributed by atoms with Crippen molar-refractivity contribution >= 4 is 40.2 Å². The standard InChI is InChI=1S/C13H20IO4P/c1-17-13(16)7-5-3-2-4-6-10-8-11(18-19-14)9-12(10)15/h8,11,19H,2-7,9H2,1H3. The lowest BCUT2D eigenvalue weighted by atomic mass is 10.0. The van der Waals surface area contributed by atoms with Crippen LogP contribution in [-0.4, -0.2) is 25.0 Å². The summed E-state index contributed by atoms with van der Waals surface area (Å²) in [4.78, 5) is 22.6. The van der Waals surface area contributed by atoms with Crippen molar-refractivity contribution < 1.29 is 18.8 Å². The molecule has 108 valence electrons. The molecule has 0 saturated heterocycles. The molecule has 19 heavy (non-hydrogen) atoms. The van der Waals surface area contributed by atoms with Crippen molar-refractivity contribution in [1.29, 1.82) is 0 Å². The maximum Gasteiger partial charge on any atom is 0.305 e. The van der Waals surface area contributed by atoms with E-state index in [1.165, 1.54) is 7.11 Å². The number of ether oxygens (including phenoxy) is 1. The van der Waals surface area contributed by atoms with E-state index in [4.69, 9.17) is 4.52 Å². The zero-order chi connectivity index (χ0) is 14.1. The van der Waals surface area contributed by atoms with Crippen LogP contribution < -0.4 is 0 Å². The summed E-state index contributed by atoms with van der Waals surface area (Å²) in [5.74, 6) is 0.0857. The lowest BCUT2D eigenvalue weighted by Crippen LogP contribution is -2.03. The molecule has 0 saturated carbocycles. The largest absolute Gasteiger partial charge is 0.469 e. The quantitative estimate of drug-likeness (QED) is 0.257. The van der Waals surface area contributed by atoms with Crippen molar-refractivity contribution in [1.82, 2.24) is 0 Å². The normalized spacial score (nSPS) is 19.2. The fraction of sp³-hybridized carbons (Fsp3) is 0.692. The second-order valence-corrected chi connectivity index (χ2v) is 6.25. The topological polar surface area (TPSA) is 52.6 Å². The highest BCUT2D eigenvalue weighted by Gasteiger charge is 2.23. The van der Waals surface area contributed by atoms with Gasteiger partial charge in [0.1, 0.15) is 0 Å². The average Bonchev–Trinajstić information content (AvgIpc) is 2.74. The van der Waals surface area contributed by atoms with Gasteiger partial charge in [0, 0.05) is 12.8 Å². The number of carbonyl (C=O) groups excluding carboxylic acids is 2. The third-order valence-corrected chi connectivity index (χ3v) is 4.29. The predicted octanol–water partition coefficient (Wildman–Crippen LogP) is 3.73. The lowest BCUT2D eigenvalue weighted by Gasteiger charge is -2.02. The summed E-state index contributed by atoms with van der Waals surface area (Å²) in [7, 11) is 1.41. The minimum absolute atomic E-state index is 0.00272. The van der Waals surface area contributed by atoms with E-state index >= 15 is 0 Å². The molecule has 0 heterocycles. The van der Waals surface area contributed by atoms with Crippen LogP contribution in [0.15, 0.2) is 11.6 Å². The summed E-state index contributed by atoms with van der Waals surface area (Å²) in [6, 6.07) is 0. The van der Waals surface area contributed by atoms with Crippen LogP contribution in [0.1, 0.15) is 44.9 Å². The Morgan fingerprint density at radius 1 is 1.42 bits per heavy atom. The van der Waals surface area contributed by atoms with Gasteiger partial charge >= 0.3 is 5.97 Å². The fourth-order valence-electron chi connectivity index (χ4n) is 2.09. The van der Waals surface area contributed by atoms with Gasteiger partial charge in [-0.3, -0.25) is 9.59 Å². The Labute approximate surface area is 129 Å². The van der Waals surface area contributed by atoms with Crippen molar-refractivity contribution in [3.8, 4) is 0 Å². The van der Waals surface area contributed by atoms with Gasteiger partial charge in [-0.25, -0.2) is 0 Å². The highest BCUT2D eigenvalue weighted by molar-refractivity contribution is 14.2. The molecule has 0 aromatic carbocycles. The summed E-state index contributed by atoms with van der Waals surface area (Å²) >= 11 is 2.17. The number of Topliss-reactive ketones (excluding diaryl/α,β-unsaturated/α-hetero) is 1. The first kappa shape index (κ1) is 17.1. The van der Waals surface area contributed by atoms with Crippen LogP contribution in [-0.2, 0) is 18.8 Å². The summed E-state index contributed by atoms with van der Waals surface area (Å²) < 4.78 is 10.0. The zero-order valence-electron chi connectivity index (χ0n) is 11.1. The summed E-state index contributed by atoms with van der Waals surface area (Å²) in [6.07, 6.45) is 7.71. The Kier molecular flexibility index (Phi) is 8.83. The number of methoxy groups -OCH3 is 1. The minimum Gasteiger partial charge on any atom is -0.469 e. The smallest absolute Gasteiger partial charge is 0.305 e. The van der Waals surface area contributed by atoms with Crippen molar-refractivity contribution in [3.63, 3.8) is 0 Å². The zero-order valence-corrected chi connectivity index (χ0v) is 14.3. The molecule has 1 aliphatic carbocycles. The molecular formula is C13H20IO4P. The Bertz CT molecular complexity index is 344. The first-order valence-corrected chi connectivity index (χ1v) is 10.5. The molecule has 2 atom stereocenters. The molecule has 0 amide bonds. The second kappa shape index (κ2) is 9.83. The maximum absolute atomic E-state index is 11.7. The van der Waals surface area contributed by atoms with E-state index in [-0.39, 0.29) is 17.9 Å². The van der Waals surface area contributed by atoms with E-state index in [0.717, 1.165) is 37.7 Å². The summed E-state index contributed by atoms with van der Waals surface area (Å²) in [5, 5.41) is 0. The van der Waals surface area contributed by atoms with E-state index in [9.17, 15) is 9.59 Å². The van der Waals surface area contributed by atoms with E-state index in [2.05, 4.69) is 26.8 Å². The number of halogens is 1. The molecule has 6 heteroatoms. The van der Waals surface area contributed by atoms with Gasteiger partial charge < -0.3 is 9.26 Å². The van der Waals surface area contributed by atoms with Gasteiger partial charge in [0.05, 0.1) is 19.7 Å². The molecule has 0 aromatic rings. The van der Waals surface area contributed by atoms with Crippen LogP contribution in [0.2, 0.25) is 0 Å². The highest BCUT2D eigenvalue weighted by Crippen LogP contribution is 2.31. The van der Waals surface area contributed by atoms with Gasteiger partial charge in [0.25, 0.3) is 0 Å². The molecule has 0 N–H and O–H groups in total. The fourth-order valence-corrected chi connectivity index (χ4v) is 3.33. The molecule has 0 bridgehead atoms. The Morgan fingerprint density at radius 3 is 2.84 bits per heavy atom. The molecule has 2 unspecified atom stereocenters. The first-order chi connectivity index (χ1) is 9.17.